The summed E-state index contributed by atoms with van der Waals surface area (Å²) < 4.78 is 12.8. The zero-order valence-electron chi connectivity index (χ0n) is 20.2. The lowest BCUT2D eigenvalue weighted by Crippen LogP contribution is -2.35. The van der Waals surface area contributed by atoms with Crippen molar-refractivity contribution < 1.29 is 19.1 Å². The Hall–Kier alpha value is -2.71. The Kier molecular flexibility index (Phi) is 8.26. The second-order valence-corrected chi connectivity index (χ2v) is 9.18. The molecule has 1 amide bonds. The Balaban J connectivity index is 1.92. The van der Waals surface area contributed by atoms with Gasteiger partial charge in [0, 0.05) is 44.4 Å². The summed E-state index contributed by atoms with van der Waals surface area (Å²) in [6, 6.07) is 5.40. The number of nitrogens with one attached hydrogen (secondary N) is 1. The highest BCUT2D eigenvalue weighted by molar-refractivity contribution is 6.00. The molecule has 8 heteroatoms. The maximum absolute atomic E-state index is 13.1. The Morgan fingerprint density at radius 3 is 2.76 bits per heavy atom. The van der Waals surface area contributed by atoms with Gasteiger partial charge in [-0.25, -0.2) is 4.68 Å². The van der Waals surface area contributed by atoms with Crippen molar-refractivity contribution >= 4 is 17.4 Å². The van der Waals surface area contributed by atoms with Crippen molar-refractivity contribution in [3.8, 4) is 5.69 Å². The summed E-state index contributed by atoms with van der Waals surface area (Å²) in [5.41, 5.74) is 9.46. The average molecular weight is 457 g/mol. The number of aryl methyl sites for hydroxylation is 1. The van der Waals surface area contributed by atoms with Gasteiger partial charge in [-0.3, -0.25) is 9.59 Å². The molecule has 8 nitrogen and oxygen atoms in total. The molecule has 3 N–H and O–H groups in total. The number of carbonyl (C=O) groups is 2. The van der Waals surface area contributed by atoms with Crippen LogP contribution in [0, 0.1) is 12.3 Å². The molecule has 0 bridgehead atoms. The zero-order chi connectivity index (χ0) is 24.0. The molecule has 0 aliphatic heterocycles. The molecule has 1 aromatic heterocycles. The first-order chi connectivity index (χ1) is 15.8. The van der Waals surface area contributed by atoms with Crippen LogP contribution in [0.4, 0.5) is 5.69 Å². The molecular formula is C25H36N4O4. The van der Waals surface area contributed by atoms with Crippen molar-refractivity contribution in [3.05, 3.63) is 40.7 Å². The monoisotopic (exact) mass is 456 g/mol. The summed E-state index contributed by atoms with van der Waals surface area (Å²) in [5.74, 6) is -0.394. The summed E-state index contributed by atoms with van der Waals surface area (Å²) in [5, 5.41) is 7.99. The number of unbranched alkanes of at least 4 members (excludes halogenated alkanes) is 1. The van der Waals surface area contributed by atoms with Gasteiger partial charge in [-0.05, 0) is 44.4 Å². The minimum Gasteiger partial charge on any atom is -0.385 e. The first-order valence-electron chi connectivity index (χ1n) is 11.7. The molecule has 0 fully saturated rings. The van der Waals surface area contributed by atoms with Crippen molar-refractivity contribution in [1.82, 2.24) is 9.78 Å². The van der Waals surface area contributed by atoms with Gasteiger partial charge in [-0.1, -0.05) is 20.3 Å². The Labute approximate surface area is 195 Å². The maximum Gasteiger partial charge on any atom is 0.250 e. The highest BCUT2D eigenvalue weighted by atomic mass is 16.5. The van der Waals surface area contributed by atoms with Gasteiger partial charge in [0.25, 0.3) is 5.91 Å². The second-order valence-electron chi connectivity index (χ2n) is 9.18. The number of rotatable bonds is 12. The van der Waals surface area contributed by atoms with Crippen LogP contribution in [0.25, 0.3) is 5.69 Å². The minimum atomic E-state index is -0.499. The predicted octanol–water partition coefficient (Wildman–Crippen LogP) is 3.68. The number of hydrogen-bond donors (Lipinski definition) is 2. The number of Topliss-reactive ketones (excluding diaryl/α,β-unsaturated/α-hetero) is 1. The van der Waals surface area contributed by atoms with E-state index in [0.717, 1.165) is 36.3 Å². The number of nitrogens with zero attached hydrogens (tertiary/aromatic N) is 2. The van der Waals surface area contributed by atoms with E-state index in [4.69, 9.17) is 20.3 Å². The van der Waals surface area contributed by atoms with Gasteiger partial charge < -0.3 is 20.5 Å². The van der Waals surface area contributed by atoms with Crippen molar-refractivity contribution in [2.45, 2.75) is 52.9 Å². The summed E-state index contributed by atoms with van der Waals surface area (Å²) in [4.78, 5) is 25.0. The molecule has 1 aliphatic carbocycles. The van der Waals surface area contributed by atoms with Crippen molar-refractivity contribution in [1.29, 1.82) is 0 Å². The number of fused-ring (bicyclic) bond motifs is 1. The second kappa shape index (κ2) is 10.9. The number of ketones is 1. The molecule has 33 heavy (non-hydrogen) atoms. The number of hydrogen-bond acceptors (Lipinski definition) is 6. The number of amides is 1. The van der Waals surface area contributed by atoms with E-state index in [0.29, 0.717) is 56.0 Å². The van der Waals surface area contributed by atoms with Crippen molar-refractivity contribution in [2.24, 2.45) is 11.1 Å². The fourth-order valence-corrected chi connectivity index (χ4v) is 4.39. The van der Waals surface area contributed by atoms with Crippen LogP contribution in [0.15, 0.2) is 18.2 Å². The van der Waals surface area contributed by atoms with Crippen molar-refractivity contribution in [2.75, 3.05) is 38.8 Å². The largest absolute Gasteiger partial charge is 0.385 e. The molecule has 0 spiro atoms. The maximum atomic E-state index is 13.1. The Morgan fingerprint density at radius 2 is 2.06 bits per heavy atom. The third-order valence-electron chi connectivity index (χ3n) is 6.06. The van der Waals surface area contributed by atoms with Crippen LogP contribution >= 0.6 is 0 Å². The van der Waals surface area contributed by atoms with Crippen LogP contribution in [0.2, 0.25) is 0 Å². The molecule has 1 aromatic carbocycles. The SMILES string of the molecule is CCCCOCC1(C)CC(=O)c2c(C)nn(-c3ccc(C(N)=O)c(NCCCOC)c3)c2C1. The third-order valence-corrected chi connectivity index (χ3v) is 6.06. The molecule has 0 saturated carbocycles. The summed E-state index contributed by atoms with van der Waals surface area (Å²) in [6.45, 7) is 8.60. The fraction of sp³-hybridized carbons (Fsp3) is 0.560. The molecular weight excluding hydrogens is 420 g/mol. The highest BCUT2D eigenvalue weighted by Gasteiger charge is 2.39. The van der Waals surface area contributed by atoms with Gasteiger partial charge in [0.2, 0.25) is 0 Å². The first-order valence-corrected chi connectivity index (χ1v) is 11.7. The molecule has 2 aromatic rings. The lowest BCUT2D eigenvalue weighted by atomic mass is 9.74. The number of anilines is 1. The Morgan fingerprint density at radius 1 is 1.27 bits per heavy atom. The van der Waals surface area contributed by atoms with Gasteiger partial charge in [0.1, 0.15) is 0 Å². The molecule has 1 unspecified atom stereocenters. The van der Waals surface area contributed by atoms with E-state index >= 15 is 0 Å². The zero-order valence-corrected chi connectivity index (χ0v) is 20.2. The molecule has 0 radical (unpaired) electrons. The number of ether oxygens (including phenoxy) is 2. The number of primary amides is 1. The molecule has 0 saturated heterocycles. The van der Waals surface area contributed by atoms with Gasteiger partial charge in [-0.2, -0.15) is 5.10 Å². The summed E-state index contributed by atoms with van der Waals surface area (Å²) in [6.07, 6.45) is 4.02. The van der Waals surface area contributed by atoms with Crippen LogP contribution in [0.3, 0.4) is 0 Å². The van der Waals surface area contributed by atoms with E-state index in [1.54, 1.807) is 13.2 Å². The van der Waals surface area contributed by atoms with E-state index in [2.05, 4.69) is 19.2 Å². The van der Waals surface area contributed by atoms with Crippen LogP contribution < -0.4 is 11.1 Å². The van der Waals surface area contributed by atoms with E-state index in [9.17, 15) is 9.59 Å². The van der Waals surface area contributed by atoms with E-state index in [1.165, 1.54) is 0 Å². The van der Waals surface area contributed by atoms with Crippen LogP contribution in [-0.2, 0) is 15.9 Å². The highest BCUT2D eigenvalue weighted by Crippen LogP contribution is 2.38. The lowest BCUT2D eigenvalue weighted by molar-refractivity contribution is 0.0398. The number of nitrogens with two attached hydrogens (primary N) is 1. The summed E-state index contributed by atoms with van der Waals surface area (Å²) in [7, 11) is 1.66. The van der Waals surface area contributed by atoms with E-state index in [1.807, 2.05) is 23.7 Å². The molecule has 3 rings (SSSR count). The smallest absolute Gasteiger partial charge is 0.250 e. The fourth-order valence-electron chi connectivity index (χ4n) is 4.39. The average Bonchev–Trinajstić information content (AvgIpc) is 3.10. The number of benzene rings is 1. The number of methoxy groups -OCH3 is 1. The number of aromatic nitrogens is 2. The predicted molar refractivity (Wildman–Crippen MR) is 128 cm³/mol. The molecule has 1 aliphatic rings. The standard InChI is InChI=1S/C25H36N4O4/c1-5-6-12-33-16-25(3)14-21-23(22(30)15-25)17(2)28-29(21)18-8-9-19(24(26)31)20(13-18)27-10-7-11-32-4/h8-9,13,27H,5-7,10-12,14-16H2,1-4H3,(H2,26,31). The third kappa shape index (κ3) is 5.81. The van der Waals surface area contributed by atoms with Crippen LogP contribution in [0.5, 0.6) is 0 Å². The van der Waals surface area contributed by atoms with Gasteiger partial charge in [0.15, 0.2) is 5.78 Å². The molecule has 180 valence electrons. The van der Waals surface area contributed by atoms with Crippen molar-refractivity contribution in [3.63, 3.8) is 0 Å². The van der Waals surface area contributed by atoms with Crippen LogP contribution in [-0.4, -0.2) is 54.9 Å². The Bertz CT molecular complexity index is 1000. The van der Waals surface area contributed by atoms with Crippen LogP contribution in [0.1, 0.15) is 71.6 Å². The molecule has 1 heterocycles. The van der Waals surface area contributed by atoms with E-state index in [-0.39, 0.29) is 11.2 Å². The van der Waals surface area contributed by atoms with E-state index < -0.39 is 5.91 Å². The van der Waals surface area contributed by atoms with Gasteiger partial charge in [0.05, 0.1) is 34.8 Å². The van der Waals surface area contributed by atoms with Gasteiger partial charge >= 0.3 is 0 Å². The lowest BCUT2D eigenvalue weighted by Gasteiger charge is -2.33. The normalized spacial score (nSPS) is 17.8. The topological polar surface area (TPSA) is 108 Å². The minimum absolute atomic E-state index is 0.105. The van der Waals surface area contributed by atoms with Gasteiger partial charge in [-0.15, -0.1) is 0 Å². The quantitative estimate of drug-likeness (QED) is 0.472. The summed E-state index contributed by atoms with van der Waals surface area (Å²) >= 11 is 0. The first kappa shape index (κ1) is 24.9. The number of carbonyl (C=O) groups excluding carboxylic acids is 2. The molecule has 1 atom stereocenters.